The second-order valence-electron chi connectivity index (χ2n) is 5.39. The fourth-order valence-corrected chi connectivity index (χ4v) is 4.69. The number of hydrogen-bond donors (Lipinski definition) is 1. The van der Waals surface area contributed by atoms with Gasteiger partial charge in [-0.25, -0.2) is 9.78 Å². The van der Waals surface area contributed by atoms with Crippen LogP contribution in [0.4, 0.5) is 5.13 Å². The maximum absolute atomic E-state index is 12.4. The van der Waals surface area contributed by atoms with Crippen molar-refractivity contribution in [3.8, 4) is 10.6 Å². The van der Waals surface area contributed by atoms with Gasteiger partial charge in [0.15, 0.2) is 11.2 Å². The number of nitrogens with one attached hydrogen (secondary N) is 1. The van der Waals surface area contributed by atoms with Crippen LogP contribution in [0.5, 0.6) is 0 Å². The number of rotatable bonds is 3. The first-order chi connectivity index (χ1) is 12.1. The average molecular weight is 435 g/mol. The predicted molar refractivity (Wildman–Crippen MR) is 101 cm³/mol. The van der Waals surface area contributed by atoms with Crippen LogP contribution in [0.15, 0.2) is 45.6 Å². The Morgan fingerprint density at radius 1 is 1.28 bits per heavy atom. The van der Waals surface area contributed by atoms with Gasteiger partial charge in [-0.3, -0.25) is 10.1 Å². The molecule has 0 fully saturated rings. The van der Waals surface area contributed by atoms with E-state index in [4.69, 9.17) is 4.74 Å². The van der Waals surface area contributed by atoms with Crippen molar-refractivity contribution in [1.29, 1.82) is 0 Å². The highest BCUT2D eigenvalue weighted by molar-refractivity contribution is 9.11. The highest BCUT2D eigenvalue weighted by Gasteiger charge is 2.31. The number of ether oxygens (including phenoxy) is 1. The number of carbonyl (C=O) groups excluding carboxylic acids is 2. The predicted octanol–water partition coefficient (Wildman–Crippen LogP) is 4.35. The van der Waals surface area contributed by atoms with Gasteiger partial charge in [-0.1, -0.05) is 18.2 Å². The van der Waals surface area contributed by atoms with Crippen LogP contribution in [-0.2, 0) is 16.0 Å². The molecule has 0 saturated carbocycles. The summed E-state index contributed by atoms with van der Waals surface area (Å²) in [6, 6.07) is 11.1. The molecule has 1 aliphatic heterocycles. The average Bonchev–Trinajstić information content (AvgIpc) is 3.23. The molecule has 8 heteroatoms. The maximum Gasteiger partial charge on any atom is 0.339 e. The summed E-state index contributed by atoms with van der Waals surface area (Å²) in [5.74, 6) is -0.832. The van der Waals surface area contributed by atoms with Crippen LogP contribution < -0.4 is 5.32 Å². The molecule has 0 bridgehead atoms. The van der Waals surface area contributed by atoms with Crippen molar-refractivity contribution in [1.82, 2.24) is 4.98 Å². The first-order valence-electron chi connectivity index (χ1n) is 7.41. The van der Waals surface area contributed by atoms with Gasteiger partial charge in [0.05, 0.1) is 19.9 Å². The first kappa shape index (κ1) is 16.4. The fraction of sp³-hybridized carbons (Fsp3) is 0.118. The van der Waals surface area contributed by atoms with Crippen LogP contribution in [0.25, 0.3) is 10.6 Å². The van der Waals surface area contributed by atoms with Crippen molar-refractivity contribution in [2.45, 2.75) is 12.5 Å². The minimum Gasteiger partial charge on any atom is -0.448 e. The molecule has 1 aliphatic rings. The van der Waals surface area contributed by atoms with E-state index in [1.54, 1.807) is 23.5 Å². The number of anilines is 1. The van der Waals surface area contributed by atoms with Crippen molar-refractivity contribution < 1.29 is 14.3 Å². The van der Waals surface area contributed by atoms with Gasteiger partial charge in [0.25, 0.3) is 5.91 Å². The van der Waals surface area contributed by atoms with Crippen LogP contribution in [0.3, 0.4) is 0 Å². The van der Waals surface area contributed by atoms with Gasteiger partial charge >= 0.3 is 5.97 Å². The van der Waals surface area contributed by atoms with Crippen molar-refractivity contribution in [3.63, 3.8) is 0 Å². The topological polar surface area (TPSA) is 68.3 Å². The van der Waals surface area contributed by atoms with Crippen LogP contribution in [0.2, 0.25) is 0 Å². The lowest BCUT2D eigenvalue weighted by atomic mass is 9.98. The van der Waals surface area contributed by atoms with Gasteiger partial charge in [-0.15, -0.1) is 22.7 Å². The van der Waals surface area contributed by atoms with E-state index in [1.165, 1.54) is 11.3 Å². The molecule has 0 aliphatic carbocycles. The largest absolute Gasteiger partial charge is 0.448 e. The number of amides is 1. The number of thiazole rings is 1. The normalized spacial score (nSPS) is 16.2. The van der Waals surface area contributed by atoms with Gasteiger partial charge in [0, 0.05) is 11.8 Å². The smallest absolute Gasteiger partial charge is 0.339 e. The van der Waals surface area contributed by atoms with Crippen molar-refractivity contribution >= 4 is 55.6 Å². The van der Waals surface area contributed by atoms with E-state index in [0.29, 0.717) is 17.1 Å². The molecule has 0 saturated heterocycles. The molecule has 1 atom stereocenters. The summed E-state index contributed by atoms with van der Waals surface area (Å²) in [6.07, 6.45) is -0.477. The van der Waals surface area contributed by atoms with Crippen molar-refractivity contribution in [2.24, 2.45) is 0 Å². The highest BCUT2D eigenvalue weighted by atomic mass is 79.9. The number of hydrogen-bond acceptors (Lipinski definition) is 6. The molecule has 1 N–H and O–H groups in total. The van der Waals surface area contributed by atoms with E-state index in [-0.39, 0.29) is 5.91 Å². The van der Waals surface area contributed by atoms with Crippen LogP contribution >= 0.6 is 38.6 Å². The molecule has 4 rings (SSSR count). The minimum absolute atomic E-state index is 0.365. The number of thiophene rings is 1. The highest BCUT2D eigenvalue weighted by Crippen LogP contribution is 2.33. The maximum atomic E-state index is 12.4. The van der Waals surface area contributed by atoms with Crippen LogP contribution in [0.1, 0.15) is 15.9 Å². The Hall–Kier alpha value is -2.03. The lowest BCUT2D eigenvalue weighted by Crippen LogP contribution is -2.37. The fourth-order valence-electron chi connectivity index (χ4n) is 2.56. The number of benzene rings is 1. The van der Waals surface area contributed by atoms with Gasteiger partial charge in [0.2, 0.25) is 0 Å². The molecule has 0 unspecified atom stereocenters. The zero-order valence-electron chi connectivity index (χ0n) is 12.7. The van der Waals surface area contributed by atoms with E-state index in [2.05, 4.69) is 26.2 Å². The minimum atomic E-state index is -0.842. The monoisotopic (exact) mass is 434 g/mol. The Kier molecular flexibility index (Phi) is 4.41. The molecule has 25 heavy (non-hydrogen) atoms. The number of aromatic nitrogens is 1. The van der Waals surface area contributed by atoms with E-state index in [1.807, 2.05) is 29.6 Å². The number of cyclic esters (lactones) is 1. The molecular weight excluding hydrogens is 424 g/mol. The van der Waals surface area contributed by atoms with E-state index in [0.717, 1.165) is 19.9 Å². The summed E-state index contributed by atoms with van der Waals surface area (Å²) < 4.78 is 6.29. The molecule has 5 nitrogen and oxygen atoms in total. The first-order valence-corrected chi connectivity index (χ1v) is 9.90. The van der Waals surface area contributed by atoms with Crippen molar-refractivity contribution in [3.05, 3.63) is 56.7 Å². The van der Waals surface area contributed by atoms with E-state index < -0.39 is 12.1 Å². The third kappa shape index (κ3) is 3.37. The summed E-state index contributed by atoms with van der Waals surface area (Å²) in [4.78, 5) is 29.9. The van der Waals surface area contributed by atoms with Gasteiger partial charge in [-0.05, 0) is 39.7 Å². The third-order valence-electron chi connectivity index (χ3n) is 3.74. The molecule has 0 radical (unpaired) electrons. The Labute approximate surface area is 159 Å². The Balaban J connectivity index is 1.48. The standard InChI is InChI=1S/C17H11BrN2O3S2/c18-14-6-5-13(25-14)11-8-24-17(19-11)20-15(21)12-7-9-3-1-2-4-10(9)16(22)23-12/h1-6,8,12H,7H2,(H,19,20,21)/t12-/m1/s1. The van der Waals surface area contributed by atoms with E-state index in [9.17, 15) is 9.59 Å². The number of carbonyl (C=O) groups is 2. The Bertz CT molecular complexity index is 966. The molecule has 0 spiro atoms. The zero-order valence-corrected chi connectivity index (χ0v) is 15.9. The number of esters is 1. The van der Waals surface area contributed by atoms with Crippen LogP contribution in [-0.4, -0.2) is 23.0 Å². The third-order valence-corrected chi connectivity index (χ3v) is 6.15. The van der Waals surface area contributed by atoms with Crippen LogP contribution in [0, 0.1) is 0 Å². The molecule has 1 amide bonds. The molecule has 3 heterocycles. The van der Waals surface area contributed by atoms with Gasteiger partial charge in [0.1, 0.15) is 0 Å². The number of nitrogens with zero attached hydrogens (tertiary/aromatic N) is 1. The summed E-state index contributed by atoms with van der Waals surface area (Å²) in [5.41, 5.74) is 2.15. The summed E-state index contributed by atoms with van der Waals surface area (Å²) in [7, 11) is 0. The molecule has 3 aromatic rings. The quantitative estimate of drug-likeness (QED) is 0.621. The lowest BCUT2D eigenvalue weighted by molar-refractivity contribution is -0.125. The number of fused-ring (bicyclic) bond motifs is 1. The zero-order chi connectivity index (χ0) is 17.4. The van der Waals surface area contributed by atoms with Gasteiger partial charge in [-0.2, -0.15) is 0 Å². The van der Waals surface area contributed by atoms with Crippen molar-refractivity contribution in [2.75, 3.05) is 5.32 Å². The lowest BCUT2D eigenvalue weighted by Gasteiger charge is -2.23. The van der Waals surface area contributed by atoms with E-state index >= 15 is 0 Å². The van der Waals surface area contributed by atoms with Gasteiger partial charge < -0.3 is 4.74 Å². The summed E-state index contributed by atoms with van der Waals surface area (Å²) in [5, 5.41) is 5.11. The summed E-state index contributed by atoms with van der Waals surface area (Å²) >= 11 is 6.34. The molecule has 126 valence electrons. The molecular formula is C17H11BrN2O3S2. The molecule has 2 aromatic heterocycles. The summed E-state index contributed by atoms with van der Waals surface area (Å²) in [6.45, 7) is 0. The Morgan fingerprint density at radius 3 is 2.92 bits per heavy atom. The second-order valence-corrected chi connectivity index (χ2v) is 8.71. The second kappa shape index (κ2) is 6.70. The SMILES string of the molecule is O=C1O[C@@H](C(=O)Nc2nc(-c3ccc(Br)s3)cs2)Cc2ccccc21. The Morgan fingerprint density at radius 2 is 2.12 bits per heavy atom. The number of halogens is 1. The molecule has 1 aromatic carbocycles.